The molecule has 24 heavy (non-hydrogen) atoms. The largest absolute Gasteiger partial charge is 0.347 e. The van der Waals surface area contributed by atoms with Gasteiger partial charge in [0, 0.05) is 24.0 Å². The van der Waals surface area contributed by atoms with Crippen molar-refractivity contribution in [2.45, 2.75) is 39.3 Å². The van der Waals surface area contributed by atoms with E-state index in [1.165, 1.54) is 18.5 Å². The van der Waals surface area contributed by atoms with Gasteiger partial charge in [-0.3, -0.25) is 4.79 Å². The number of rotatable bonds is 5. The maximum Gasteiger partial charge on any atom is 0.262 e. The molecule has 0 bridgehead atoms. The fourth-order valence-corrected chi connectivity index (χ4v) is 3.02. The zero-order valence-corrected chi connectivity index (χ0v) is 14.0. The fourth-order valence-electron chi connectivity index (χ4n) is 3.02. The Hall–Kier alpha value is -2.80. The topological polar surface area (TPSA) is 57.8 Å². The van der Waals surface area contributed by atoms with E-state index in [1.54, 1.807) is 6.08 Å². The van der Waals surface area contributed by atoms with Crippen LogP contribution in [0.1, 0.15) is 41.4 Å². The highest BCUT2D eigenvalue weighted by Crippen LogP contribution is 2.38. The summed E-state index contributed by atoms with van der Waals surface area (Å²) in [4.78, 5) is 12.3. The normalized spacial score (nSPS) is 14.3. The summed E-state index contributed by atoms with van der Waals surface area (Å²) in [5.74, 6) is -0.336. The highest BCUT2D eigenvalue weighted by Gasteiger charge is 2.26. The highest BCUT2D eigenvalue weighted by molar-refractivity contribution is 6.01. The molecule has 1 aromatic carbocycles. The summed E-state index contributed by atoms with van der Waals surface area (Å²) in [5, 5.41) is 12.2. The zero-order valence-electron chi connectivity index (χ0n) is 14.0. The summed E-state index contributed by atoms with van der Waals surface area (Å²) in [5.41, 5.74) is 4.41. The molecule has 4 heteroatoms. The van der Waals surface area contributed by atoms with Gasteiger partial charge >= 0.3 is 0 Å². The van der Waals surface area contributed by atoms with E-state index in [0.29, 0.717) is 12.6 Å². The van der Waals surface area contributed by atoms with Gasteiger partial charge in [0.25, 0.3) is 5.91 Å². The first-order chi connectivity index (χ1) is 11.6. The summed E-state index contributed by atoms with van der Waals surface area (Å²) in [6.07, 6.45) is 4.12. The van der Waals surface area contributed by atoms with Gasteiger partial charge in [0.05, 0.1) is 0 Å². The molecule has 1 aliphatic rings. The summed E-state index contributed by atoms with van der Waals surface area (Å²) < 4.78 is 2.31. The number of hydrogen-bond donors (Lipinski definition) is 1. The molecule has 1 amide bonds. The van der Waals surface area contributed by atoms with Crippen LogP contribution in [0, 0.1) is 25.2 Å². The lowest BCUT2D eigenvalue weighted by molar-refractivity contribution is -0.117. The molecule has 0 spiro atoms. The molecule has 1 aromatic heterocycles. The predicted octanol–water partition coefficient (Wildman–Crippen LogP) is 3.66. The minimum Gasteiger partial charge on any atom is -0.347 e. The molecular weight excluding hydrogens is 298 g/mol. The van der Waals surface area contributed by atoms with Crippen LogP contribution in [0.5, 0.6) is 0 Å². The number of amides is 1. The smallest absolute Gasteiger partial charge is 0.262 e. The lowest BCUT2D eigenvalue weighted by Gasteiger charge is -2.07. The molecule has 1 fully saturated rings. The van der Waals surface area contributed by atoms with E-state index in [4.69, 9.17) is 0 Å². The van der Waals surface area contributed by atoms with Crippen LogP contribution < -0.4 is 5.32 Å². The zero-order chi connectivity index (χ0) is 17.1. The van der Waals surface area contributed by atoms with Crippen molar-refractivity contribution in [3.63, 3.8) is 0 Å². The number of nitrogens with zero attached hydrogens (tertiary/aromatic N) is 2. The Morgan fingerprint density at radius 1 is 1.33 bits per heavy atom. The van der Waals surface area contributed by atoms with Gasteiger partial charge in [0.2, 0.25) is 0 Å². The molecule has 0 unspecified atom stereocenters. The molecule has 1 aliphatic carbocycles. The number of nitrogens with one attached hydrogen (secondary N) is 1. The quantitative estimate of drug-likeness (QED) is 0.675. The van der Waals surface area contributed by atoms with E-state index in [-0.39, 0.29) is 11.5 Å². The summed E-state index contributed by atoms with van der Waals surface area (Å²) in [7, 11) is 0. The van der Waals surface area contributed by atoms with Crippen LogP contribution in [0.15, 0.2) is 42.0 Å². The van der Waals surface area contributed by atoms with Gasteiger partial charge in [0.1, 0.15) is 11.6 Å². The second kappa shape index (κ2) is 6.76. The first-order valence-electron chi connectivity index (χ1n) is 8.22. The first kappa shape index (κ1) is 16.1. The molecule has 4 nitrogen and oxygen atoms in total. The number of aryl methyl sites for hydroxylation is 1. The number of nitriles is 1. The number of carbonyl (C=O) groups excluding carboxylic acids is 1. The molecule has 0 atom stereocenters. The van der Waals surface area contributed by atoms with Crippen molar-refractivity contribution in [3.05, 3.63) is 64.5 Å². The third kappa shape index (κ3) is 3.41. The Morgan fingerprint density at radius 3 is 2.67 bits per heavy atom. The Morgan fingerprint density at radius 2 is 2.04 bits per heavy atom. The molecule has 2 aromatic rings. The SMILES string of the molecule is Cc1cc(/C=C(\C#N)C(=O)NCc2ccccc2)c(C)n1C1CC1. The van der Waals surface area contributed by atoms with Crippen LogP contribution in [-0.2, 0) is 11.3 Å². The molecule has 3 rings (SSSR count). The van der Waals surface area contributed by atoms with Gasteiger partial charge in [-0.2, -0.15) is 5.26 Å². The Balaban J connectivity index is 1.76. The predicted molar refractivity (Wildman–Crippen MR) is 94.1 cm³/mol. The van der Waals surface area contributed by atoms with E-state index < -0.39 is 0 Å². The standard InChI is InChI=1S/C20H21N3O/c1-14-10-17(15(2)23(14)19-8-9-19)11-18(12-21)20(24)22-13-16-6-4-3-5-7-16/h3-7,10-11,19H,8-9,13H2,1-2H3,(H,22,24)/b18-11+. The molecule has 1 saturated carbocycles. The molecule has 122 valence electrons. The monoisotopic (exact) mass is 319 g/mol. The van der Waals surface area contributed by atoms with Crippen molar-refractivity contribution in [2.75, 3.05) is 0 Å². The van der Waals surface area contributed by atoms with E-state index in [9.17, 15) is 10.1 Å². The number of hydrogen-bond acceptors (Lipinski definition) is 2. The van der Waals surface area contributed by atoms with Crippen molar-refractivity contribution in [3.8, 4) is 6.07 Å². The number of carbonyl (C=O) groups is 1. The number of benzene rings is 1. The average Bonchev–Trinajstić information content (AvgIpc) is 3.38. The average molecular weight is 319 g/mol. The van der Waals surface area contributed by atoms with Crippen LogP contribution in [0.3, 0.4) is 0 Å². The Bertz CT molecular complexity index is 821. The van der Waals surface area contributed by atoms with Crippen molar-refractivity contribution in [2.24, 2.45) is 0 Å². The molecular formula is C20H21N3O. The molecule has 0 saturated heterocycles. The maximum atomic E-state index is 12.3. The van der Waals surface area contributed by atoms with Gasteiger partial charge in [-0.25, -0.2) is 0 Å². The van der Waals surface area contributed by atoms with Crippen molar-refractivity contribution >= 4 is 12.0 Å². The molecule has 1 N–H and O–H groups in total. The summed E-state index contributed by atoms with van der Waals surface area (Å²) >= 11 is 0. The Kier molecular flexibility index (Phi) is 4.52. The van der Waals surface area contributed by atoms with Gasteiger partial charge in [0.15, 0.2) is 0 Å². The Labute approximate surface area is 142 Å². The van der Waals surface area contributed by atoms with Crippen molar-refractivity contribution < 1.29 is 4.79 Å². The minimum atomic E-state index is -0.336. The number of aromatic nitrogens is 1. The lowest BCUT2D eigenvalue weighted by Crippen LogP contribution is -2.23. The first-order valence-corrected chi connectivity index (χ1v) is 8.22. The minimum absolute atomic E-state index is 0.141. The van der Waals surface area contributed by atoms with E-state index in [1.807, 2.05) is 43.3 Å². The van der Waals surface area contributed by atoms with Gasteiger partial charge in [-0.1, -0.05) is 30.3 Å². The van der Waals surface area contributed by atoms with E-state index >= 15 is 0 Å². The highest BCUT2D eigenvalue weighted by atomic mass is 16.1. The molecule has 1 heterocycles. The van der Waals surface area contributed by atoms with Gasteiger partial charge in [-0.15, -0.1) is 0 Å². The molecule has 0 radical (unpaired) electrons. The maximum absolute atomic E-state index is 12.3. The van der Waals surface area contributed by atoms with E-state index in [0.717, 1.165) is 16.8 Å². The van der Waals surface area contributed by atoms with Crippen molar-refractivity contribution in [1.82, 2.24) is 9.88 Å². The van der Waals surface area contributed by atoms with Crippen LogP contribution in [0.25, 0.3) is 6.08 Å². The molecule has 0 aliphatic heterocycles. The van der Waals surface area contributed by atoms with Crippen molar-refractivity contribution in [1.29, 1.82) is 5.26 Å². The van der Waals surface area contributed by atoms with Gasteiger partial charge < -0.3 is 9.88 Å². The van der Waals surface area contributed by atoms with Crippen LogP contribution >= 0.6 is 0 Å². The lowest BCUT2D eigenvalue weighted by atomic mass is 10.1. The van der Waals surface area contributed by atoms with Gasteiger partial charge in [-0.05, 0) is 50.0 Å². The third-order valence-corrected chi connectivity index (χ3v) is 4.40. The van der Waals surface area contributed by atoms with Crippen LogP contribution in [0.2, 0.25) is 0 Å². The fraction of sp³-hybridized carbons (Fsp3) is 0.300. The third-order valence-electron chi connectivity index (χ3n) is 4.40. The van der Waals surface area contributed by atoms with E-state index in [2.05, 4.69) is 22.9 Å². The summed E-state index contributed by atoms with van der Waals surface area (Å²) in [6.45, 7) is 4.54. The van der Waals surface area contributed by atoms with Crippen LogP contribution in [0.4, 0.5) is 0 Å². The van der Waals surface area contributed by atoms with Crippen LogP contribution in [-0.4, -0.2) is 10.5 Å². The summed E-state index contributed by atoms with van der Waals surface area (Å²) in [6, 6.07) is 14.3. The second-order valence-corrected chi connectivity index (χ2v) is 6.27. The second-order valence-electron chi connectivity index (χ2n) is 6.27.